The van der Waals surface area contributed by atoms with Gasteiger partial charge in [0.15, 0.2) is 0 Å². The molecule has 0 amide bonds. The van der Waals surface area contributed by atoms with Gasteiger partial charge in [-0.2, -0.15) is 0 Å². The highest BCUT2D eigenvalue weighted by Crippen LogP contribution is 2.19. The van der Waals surface area contributed by atoms with E-state index in [1.54, 1.807) is 0 Å². The Labute approximate surface area is 311 Å². The van der Waals surface area contributed by atoms with Gasteiger partial charge in [-0.3, -0.25) is 9.59 Å². The molecule has 50 heavy (non-hydrogen) atoms. The minimum absolute atomic E-state index is 0.0398. The van der Waals surface area contributed by atoms with Crippen molar-refractivity contribution >= 4 is 11.9 Å². The van der Waals surface area contributed by atoms with Crippen molar-refractivity contribution in [3.05, 3.63) is 36.5 Å². The minimum Gasteiger partial charge on any atom is -0.481 e. The average Bonchev–Trinajstić information content (AvgIpc) is 3.10. The second-order valence-corrected chi connectivity index (χ2v) is 14.9. The van der Waals surface area contributed by atoms with Crippen LogP contribution in [0, 0.1) is 0 Å². The normalized spacial score (nSPS) is 12.5. The lowest BCUT2D eigenvalue weighted by atomic mass is 10.0. The van der Waals surface area contributed by atoms with Crippen molar-refractivity contribution < 1.29 is 19.4 Å². The fourth-order valence-corrected chi connectivity index (χ4v) is 6.67. The van der Waals surface area contributed by atoms with E-state index in [0.29, 0.717) is 12.8 Å². The van der Waals surface area contributed by atoms with Gasteiger partial charge in [-0.25, -0.2) is 0 Å². The molecular weight excluding hydrogens is 617 g/mol. The smallest absolute Gasteiger partial charge is 0.306 e. The Bertz CT molecular complexity index is 798. The van der Waals surface area contributed by atoms with Gasteiger partial charge in [-0.15, -0.1) is 0 Å². The highest BCUT2D eigenvalue weighted by Gasteiger charge is 2.14. The molecule has 0 aromatic heterocycles. The van der Waals surface area contributed by atoms with Crippen LogP contribution >= 0.6 is 0 Å². The number of hydrogen-bond donors (Lipinski definition) is 1. The zero-order valence-electron chi connectivity index (χ0n) is 33.5. The fraction of sp³-hybridized carbons (Fsp3) is 0.826. The molecule has 4 heteroatoms. The van der Waals surface area contributed by atoms with Crippen molar-refractivity contribution in [3.63, 3.8) is 0 Å². The van der Waals surface area contributed by atoms with Gasteiger partial charge in [0.1, 0.15) is 6.10 Å². The van der Waals surface area contributed by atoms with Crippen LogP contribution in [0.25, 0.3) is 0 Å². The maximum Gasteiger partial charge on any atom is 0.306 e. The molecule has 0 aromatic carbocycles. The molecule has 4 nitrogen and oxygen atoms in total. The monoisotopic (exact) mass is 701 g/mol. The van der Waals surface area contributed by atoms with Crippen molar-refractivity contribution in [2.75, 3.05) is 0 Å². The third kappa shape index (κ3) is 40.6. The van der Waals surface area contributed by atoms with Crippen molar-refractivity contribution in [3.8, 4) is 0 Å². The zero-order valence-corrected chi connectivity index (χ0v) is 33.5. The van der Waals surface area contributed by atoms with Crippen LogP contribution in [0.1, 0.15) is 239 Å². The third-order valence-corrected chi connectivity index (χ3v) is 9.88. The zero-order chi connectivity index (χ0) is 36.4. The lowest BCUT2D eigenvalue weighted by Crippen LogP contribution is -2.18. The standard InChI is InChI=1S/C46H84O4/c1-3-5-7-9-10-11-12-13-14-15-16-17-18-22-25-28-31-35-39-43-46(49)50-44(40-36-32-8-6-4-2)41-37-33-29-26-23-20-19-21-24-27-30-34-38-42-45(47)48/h5,7,10-11,13-14,44H,3-4,6,8-9,12,15-43H2,1-2H3,(H,47,48)/b7-5-,11-10-,14-13-. The molecule has 0 fully saturated rings. The first-order chi connectivity index (χ1) is 24.6. The number of carbonyl (C=O) groups excluding carboxylic acids is 1. The number of rotatable bonds is 40. The number of ether oxygens (including phenoxy) is 1. The molecule has 0 aliphatic heterocycles. The van der Waals surface area contributed by atoms with Crippen LogP contribution in [0.2, 0.25) is 0 Å². The van der Waals surface area contributed by atoms with E-state index in [1.807, 2.05) is 0 Å². The highest BCUT2D eigenvalue weighted by atomic mass is 16.5. The van der Waals surface area contributed by atoms with Crippen molar-refractivity contribution in [2.24, 2.45) is 0 Å². The van der Waals surface area contributed by atoms with Gasteiger partial charge in [0.05, 0.1) is 0 Å². The lowest BCUT2D eigenvalue weighted by Gasteiger charge is -2.18. The van der Waals surface area contributed by atoms with Gasteiger partial charge in [0.2, 0.25) is 0 Å². The van der Waals surface area contributed by atoms with Gasteiger partial charge in [0.25, 0.3) is 0 Å². The van der Waals surface area contributed by atoms with Gasteiger partial charge >= 0.3 is 11.9 Å². The van der Waals surface area contributed by atoms with Crippen molar-refractivity contribution in [1.29, 1.82) is 0 Å². The van der Waals surface area contributed by atoms with Gasteiger partial charge < -0.3 is 9.84 Å². The number of carbonyl (C=O) groups is 2. The van der Waals surface area contributed by atoms with E-state index in [1.165, 1.54) is 154 Å². The number of allylic oxidation sites excluding steroid dienone is 6. The SMILES string of the molecule is CC/C=C\C/C=C\C/C=C\CCCCCCCCCCCC(=O)OC(CCCCCCC)CCCCCCCCCCCCCCCC(=O)O. The number of carboxylic acids is 1. The Morgan fingerprint density at radius 2 is 0.840 bits per heavy atom. The second-order valence-electron chi connectivity index (χ2n) is 14.9. The Balaban J connectivity index is 3.83. The summed E-state index contributed by atoms with van der Waals surface area (Å²) in [7, 11) is 0. The highest BCUT2D eigenvalue weighted by molar-refractivity contribution is 5.69. The molecule has 0 rings (SSSR count). The predicted octanol–water partition coefficient (Wildman–Crippen LogP) is 15.3. The van der Waals surface area contributed by atoms with Crippen molar-refractivity contribution in [1.82, 2.24) is 0 Å². The van der Waals surface area contributed by atoms with E-state index in [-0.39, 0.29) is 12.1 Å². The second kappa shape index (κ2) is 41.6. The van der Waals surface area contributed by atoms with E-state index >= 15 is 0 Å². The molecule has 0 aliphatic rings. The molecular formula is C46H84O4. The molecule has 1 atom stereocenters. The maximum absolute atomic E-state index is 12.7. The largest absolute Gasteiger partial charge is 0.481 e. The Morgan fingerprint density at radius 3 is 1.30 bits per heavy atom. The quantitative estimate of drug-likeness (QED) is 0.0393. The van der Waals surface area contributed by atoms with Crippen LogP contribution in [0.4, 0.5) is 0 Å². The molecule has 0 aliphatic carbocycles. The van der Waals surface area contributed by atoms with Gasteiger partial charge in [-0.05, 0) is 70.6 Å². The van der Waals surface area contributed by atoms with Gasteiger partial charge in [0, 0.05) is 12.8 Å². The predicted molar refractivity (Wildman–Crippen MR) is 218 cm³/mol. The number of hydrogen-bond acceptors (Lipinski definition) is 3. The Hall–Kier alpha value is -1.84. The summed E-state index contributed by atoms with van der Waals surface area (Å²) in [6.07, 6.45) is 54.9. The lowest BCUT2D eigenvalue weighted by molar-refractivity contribution is -0.150. The molecule has 0 spiro atoms. The van der Waals surface area contributed by atoms with Crippen molar-refractivity contribution in [2.45, 2.75) is 245 Å². The minimum atomic E-state index is -0.667. The van der Waals surface area contributed by atoms with E-state index in [4.69, 9.17) is 9.84 Å². The summed E-state index contributed by atoms with van der Waals surface area (Å²) in [6.45, 7) is 4.43. The van der Waals surface area contributed by atoms with E-state index in [2.05, 4.69) is 50.3 Å². The molecule has 0 saturated heterocycles. The molecule has 0 radical (unpaired) electrons. The van der Waals surface area contributed by atoms with E-state index in [0.717, 1.165) is 57.8 Å². The molecule has 0 aromatic rings. The third-order valence-electron chi connectivity index (χ3n) is 9.88. The number of esters is 1. The molecule has 0 bridgehead atoms. The molecule has 1 unspecified atom stereocenters. The van der Waals surface area contributed by atoms with Crippen LogP contribution in [0.3, 0.4) is 0 Å². The molecule has 292 valence electrons. The molecule has 0 saturated carbocycles. The first-order valence-electron chi connectivity index (χ1n) is 22.0. The van der Waals surface area contributed by atoms with E-state index in [9.17, 15) is 9.59 Å². The Kier molecular flexibility index (Phi) is 40.0. The summed E-state index contributed by atoms with van der Waals surface area (Å²) >= 11 is 0. The molecule has 1 N–H and O–H groups in total. The van der Waals surface area contributed by atoms with Gasteiger partial charge in [-0.1, -0.05) is 192 Å². The van der Waals surface area contributed by atoms with Crippen LogP contribution in [-0.4, -0.2) is 23.1 Å². The summed E-state index contributed by atoms with van der Waals surface area (Å²) in [4.78, 5) is 23.2. The van der Waals surface area contributed by atoms with Crippen LogP contribution in [0.5, 0.6) is 0 Å². The molecule has 0 heterocycles. The first kappa shape index (κ1) is 48.2. The Morgan fingerprint density at radius 1 is 0.460 bits per heavy atom. The van der Waals surface area contributed by atoms with E-state index < -0.39 is 5.97 Å². The van der Waals surface area contributed by atoms with Crippen LogP contribution in [0.15, 0.2) is 36.5 Å². The number of aliphatic carboxylic acids is 1. The summed E-state index contributed by atoms with van der Waals surface area (Å²) in [5.74, 6) is -0.627. The topological polar surface area (TPSA) is 63.6 Å². The van der Waals surface area contributed by atoms with Crippen LogP contribution in [-0.2, 0) is 14.3 Å². The number of carboxylic acid groups (broad SMARTS) is 1. The summed E-state index contributed by atoms with van der Waals surface area (Å²) in [5, 5.41) is 8.70. The van der Waals surface area contributed by atoms with Crippen LogP contribution < -0.4 is 0 Å². The number of unbranched alkanes of at least 4 members (excludes halogenated alkanes) is 25. The summed E-state index contributed by atoms with van der Waals surface area (Å²) in [6, 6.07) is 0. The maximum atomic E-state index is 12.7. The first-order valence-corrected chi connectivity index (χ1v) is 22.0. The fourth-order valence-electron chi connectivity index (χ4n) is 6.67. The summed E-state index contributed by atoms with van der Waals surface area (Å²) < 4.78 is 6.04. The average molecular weight is 701 g/mol. The summed E-state index contributed by atoms with van der Waals surface area (Å²) in [5.41, 5.74) is 0.